The molecule has 6 nitrogen and oxygen atoms in total. The second-order valence-electron chi connectivity index (χ2n) is 2.55. The van der Waals surface area contributed by atoms with Gasteiger partial charge in [0.25, 0.3) is 0 Å². The van der Waals surface area contributed by atoms with E-state index in [2.05, 4.69) is 9.47 Å². The van der Waals surface area contributed by atoms with E-state index in [1.54, 1.807) is 6.08 Å². The van der Waals surface area contributed by atoms with E-state index >= 15 is 0 Å². The van der Waals surface area contributed by atoms with Gasteiger partial charge in [-0.25, -0.2) is 4.79 Å². The number of ether oxygens (including phenoxy) is 3. The van der Waals surface area contributed by atoms with Gasteiger partial charge in [0.1, 0.15) is 0 Å². The van der Waals surface area contributed by atoms with Gasteiger partial charge in [-0.3, -0.25) is 0 Å². The summed E-state index contributed by atoms with van der Waals surface area (Å²) < 4.78 is 13.3. The van der Waals surface area contributed by atoms with Gasteiger partial charge in [-0.05, 0) is 18.9 Å². The summed E-state index contributed by atoms with van der Waals surface area (Å²) in [4.78, 5) is 20.9. The maximum absolute atomic E-state index is 11.1. The van der Waals surface area contributed by atoms with Crippen molar-refractivity contribution in [3.05, 3.63) is 12.3 Å². The van der Waals surface area contributed by atoms with Crippen LogP contribution in [0, 0.1) is 0 Å². The molecule has 77 valence electrons. The minimum Gasteiger partial charge on any atom is -0.487 e. The van der Waals surface area contributed by atoms with Crippen LogP contribution in [0.1, 0.15) is 12.8 Å². The predicted octanol–water partition coefficient (Wildman–Crippen LogP) is 0.747. The van der Waals surface area contributed by atoms with Crippen molar-refractivity contribution in [2.45, 2.75) is 18.9 Å². The summed E-state index contributed by atoms with van der Waals surface area (Å²) in [7, 11) is 0. The largest absolute Gasteiger partial charge is 0.552 e. The van der Waals surface area contributed by atoms with Crippen LogP contribution in [0.2, 0.25) is 0 Å². The van der Waals surface area contributed by atoms with Crippen molar-refractivity contribution >= 4 is 12.1 Å². The Bertz CT molecular complexity index is 246. The number of carbonyl (C=O) groups is 2. The molecule has 0 aromatic carbocycles. The monoisotopic (exact) mass is 201 g/mol. The molecule has 0 aromatic heterocycles. The third kappa shape index (κ3) is 3.34. The molecule has 0 aromatic rings. The molecule has 0 bridgehead atoms. The lowest BCUT2D eigenvalue weighted by atomic mass is 10.2. The van der Waals surface area contributed by atoms with Gasteiger partial charge < -0.3 is 14.2 Å². The molecule has 14 heavy (non-hydrogen) atoms. The number of hydrogen-bond acceptors (Lipinski definition) is 5. The zero-order valence-electron chi connectivity index (χ0n) is 7.30. The van der Waals surface area contributed by atoms with Gasteiger partial charge in [0.05, 0.1) is 6.26 Å². The lowest BCUT2D eigenvalue weighted by molar-refractivity contribution is -0.164. The van der Waals surface area contributed by atoms with E-state index in [0.29, 0.717) is 6.42 Å². The first-order valence-corrected chi connectivity index (χ1v) is 4.01. The van der Waals surface area contributed by atoms with E-state index in [9.17, 15) is 14.7 Å². The zero-order valence-corrected chi connectivity index (χ0v) is 7.30. The minimum atomic E-state index is -1.73. The lowest BCUT2D eigenvalue weighted by Gasteiger charge is -2.17. The third-order valence-corrected chi connectivity index (χ3v) is 1.58. The summed E-state index contributed by atoms with van der Waals surface area (Å²) >= 11 is 0. The van der Waals surface area contributed by atoms with Gasteiger partial charge in [-0.1, -0.05) is 0 Å². The molecule has 0 spiro atoms. The Labute approximate surface area is 80.1 Å². The van der Waals surface area contributed by atoms with E-state index in [0.717, 1.165) is 6.42 Å². The second-order valence-corrected chi connectivity index (χ2v) is 2.55. The molecule has 1 atom stereocenters. The Morgan fingerprint density at radius 1 is 1.43 bits per heavy atom. The van der Waals surface area contributed by atoms with Crippen LogP contribution in [0.15, 0.2) is 12.3 Å². The number of rotatable bonds is 3. The normalized spacial score (nSPS) is 19.6. The van der Waals surface area contributed by atoms with Crippen LogP contribution in [0.4, 0.5) is 4.79 Å². The molecule has 1 aliphatic heterocycles. The number of hydrogen-bond donors (Lipinski definition) is 0. The molecule has 1 aliphatic rings. The molecular formula is C8H9O6. The topological polar surface area (TPSA) is 81.7 Å². The minimum absolute atomic E-state index is 0.515. The first-order chi connectivity index (χ1) is 6.70. The van der Waals surface area contributed by atoms with Crippen LogP contribution in [-0.2, 0) is 24.1 Å². The number of carbonyl (C=O) groups excluding carboxylic acids is 2. The van der Waals surface area contributed by atoms with E-state index in [1.165, 1.54) is 6.26 Å². The van der Waals surface area contributed by atoms with Crippen LogP contribution in [0.25, 0.3) is 0 Å². The van der Waals surface area contributed by atoms with Crippen molar-refractivity contribution in [3.8, 4) is 0 Å². The molecule has 0 N–H and O–H groups in total. The Kier molecular flexibility index (Phi) is 3.78. The molecule has 0 fully saturated rings. The lowest BCUT2D eigenvalue weighted by Crippen LogP contribution is -2.27. The highest BCUT2D eigenvalue weighted by atomic mass is 16.8. The Balaban J connectivity index is 2.20. The molecule has 0 saturated carbocycles. The first kappa shape index (κ1) is 10.4. The molecule has 0 amide bonds. The highest BCUT2D eigenvalue weighted by molar-refractivity contribution is 5.74. The van der Waals surface area contributed by atoms with Gasteiger partial charge >= 0.3 is 12.1 Å². The standard InChI is InChI=1S/C8H9O6/c9-7(13-5-14-8(10)11)6-3-1-2-4-12-6/h2,4,6H,1,3,5H2. The maximum Gasteiger partial charge on any atom is 0.552 e. The van der Waals surface area contributed by atoms with E-state index in [-0.39, 0.29) is 0 Å². The fraction of sp³-hybridized carbons (Fsp3) is 0.500. The van der Waals surface area contributed by atoms with Crippen molar-refractivity contribution < 1.29 is 28.9 Å². The highest BCUT2D eigenvalue weighted by Crippen LogP contribution is 2.11. The average Bonchev–Trinajstić information content (AvgIpc) is 2.18. The van der Waals surface area contributed by atoms with Crippen LogP contribution in [-0.4, -0.2) is 25.0 Å². The Morgan fingerprint density at radius 3 is 2.79 bits per heavy atom. The summed E-state index contributed by atoms with van der Waals surface area (Å²) in [5.41, 5.74) is 0. The van der Waals surface area contributed by atoms with Gasteiger partial charge in [-0.15, -0.1) is 0 Å². The van der Waals surface area contributed by atoms with Gasteiger partial charge in [-0.2, -0.15) is 9.90 Å². The molecule has 1 rings (SSSR count). The van der Waals surface area contributed by atoms with Gasteiger partial charge in [0.15, 0.2) is 6.10 Å². The fourth-order valence-corrected chi connectivity index (χ4v) is 0.936. The van der Waals surface area contributed by atoms with Crippen molar-refractivity contribution in [1.29, 1.82) is 0 Å². The zero-order chi connectivity index (χ0) is 10.4. The smallest absolute Gasteiger partial charge is 0.487 e. The van der Waals surface area contributed by atoms with Gasteiger partial charge in [0.2, 0.25) is 6.79 Å². The van der Waals surface area contributed by atoms with Crippen LogP contribution in [0.3, 0.4) is 0 Å². The van der Waals surface area contributed by atoms with E-state index in [1.807, 2.05) is 0 Å². The SMILES string of the molecule is [O]C(=O)OCOC(=O)C1CCC=CO1. The fourth-order valence-electron chi connectivity index (χ4n) is 0.936. The maximum atomic E-state index is 11.1. The summed E-state index contributed by atoms with van der Waals surface area (Å²) in [5.74, 6) is -0.643. The van der Waals surface area contributed by atoms with Crippen LogP contribution >= 0.6 is 0 Å². The molecular weight excluding hydrogens is 192 g/mol. The Hall–Kier alpha value is -1.72. The predicted molar refractivity (Wildman–Crippen MR) is 41.4 cm³/mol. The molecule has 0 aliphatic carbocycles. The van der Waals surface area contributed by atoms with Crippen molar-refractivity contribution in [3.63, 3.8) is 0 Å². The molecule has 6 heteroatoms. The van der Waals surface area contributed by atoms with E-state index in [4.69, 9.17) is 4.74 Å². The van der Waals surface area contributed by atoms with Crippen molar-refractivity contribution in [1.82, 2.24) is 0 Å². The van der Waals surface area contributed by atoms with Crippen molar-refractivity contribution in [2.24, 2.45) is 0 Å². The average molecular weight is 201 g/mol. The first-order valence-electron chi connectivity index (χ1n) is 4.01. The summed E-state index contributed by atoms with van der Waals surface area (Å²) in [6.07, 6.45) is 2.02. The summed E-state index contributed by atoms with van der Waals surface area (Å²) in [6, 6.07) is 0. The van der Waals surface area contributed by atoms with Crippen LogP contribution < -0.4 is 0 Å². The Morgan fingerprint density at radius 2 is 2.21 bits per heavy atom. The third-order valence-electron chi connectivity index (χ3n) is 1.58. The number of allylic oxidation sites excluding steroid dienone is 1. The van der Waals surface area contributed by atoms with Gasteiger partial charge in [0, 0.05) is 0 Å². The second kappa shape index (κ2) is 5.11. The highest BCUT2D eigenvalue weighted by Gasteiger charge is 2.22. The molecule has 1 unspecified atom stereocenters. The van der Waals surface area contributed by atoms with Crippen molar-refractivity contribution in [2.75, 3.05) is 6.79 Å². The number of esters is 1. The van der Waals surface area contributed by atoms with Crippen LogP contribution in [0.5, 0.6) is 0 Å². The summed E-state index contributed by atoms with van der Waals surface area (Å²) in [5, 5.41) is 9.79. The molecule has 0 saturated heterocycles. The van der Waals surface area contributed by atoms with E-state index < -0.39 is 25.0 Å². The summed E-state index contributed by atoms with van der Waals surface area (Å²) in [6.45, 7) is -0.662. The molecule has 1 heterocycles. The molecule has 1 radical (unpaired) electrons. The quantitative estimate of drug-likeness (QED) is 0.497.